The highest BCUT2D eigenvalue weighted by atomic mass is 16.5. The molecule has 112 valence electrons. The van der Waals surface area contributed by atoms with E-state index in [1.165, 1.54) is 0 Å². The van der Waals surface area contributed by atoms with Crippen molar-refractivity contribution in [3.8, 4) is 5.88 Å². The second-order valence-corrected chi connectivity index (χ2v) is 5.19. The number of hydrogen-bond acceptors (Lipinski definition) is 3. The van der Waals surface area contributed by atoms with Crippen LogP contribution >= 0.6 is 0 Å². The lowest BCUT2D eigenvalue weighted by molar-refractivity contribution is 0.102. The molecule has 0 radical (unpaired) electrons. The molecule has 5 heteroatoms. The predicted molar refractivity (Wildman–Crippen MR) is 86.4 cm³/mol. The third-order valence-electron chi connectivity index (χ3n) is 3.51. The van der Waals surface area contributed by atoms with Gasteiger partial charge in [0.05, 0.1) is 18.0 Å². The van der Waals surface area contributed by atoms with Crippen LogP contribution in [0.1, 0.15) is 15.9 Å². The van der Waals surface area contributed by atoms with E-state index in [9.17, 15) is 4.79 Å². The third-order valence-corrected chi connectivity index (χ3v) is 3.51. The lowest BCUT2D eigenvalue weighted by Gasteiger charge is -2.06. The summed E-state index contributed by atoms with van der Waals surface area (Å²) in [6.07, 6.45) is 0. The van der Waals surface area contributed by atoms with E-state index in [4.69, 9.17) is 4.74 Å². The minimum atomic E-state index is -0.155. The number of nitrogens with zero attached hydrogens (tertiary/aromatic N) is 2. The Balaban J connectivity index is 1.91. The molecule has 0 fully saturated rings. The fourth-order valence-electron chi connectivity index (χ4n) is 2.49. The van der Waals surface area contributed by atoms with Gasteiger partial charge >= 0.3 is 0 Å². The first kappa shape index (κ1) is 14.1. The molecule has 0 aliphatic rings. The Hall–Kier alpha value is -2.82. The molecule has 0 saturated heterocycles. The Labute approximate surface area is 128 Å². The highest BCUT2D eigenvalue weighted by Crippen LogP contribution is 2.25. The van der Waals surface area contributed by atoms with Crippen molar-refractivity contribution in [2.45, 2.75) is 6.92 Å². The molecule has 0 unspecified atom stereocenters. The first-order chi connectivity index (χ1) is 10.6. The molecule has 0 bridgehead atoms. The number of rotatable bonds is 3. The number of fused-ring (bicyclic) bond motifs is 1. The Morgan fingerprint density at radius 3 is 2.77 bits per heavy atom. The zero-order chi connectivity index (χ0) is 15.7. The van der Waals surface area contributed by atoms with E-state index in [0.29, 0.717) is 11.4 Å². The number of aromatic nitrogens is 2. The minimum Gasteiger partial charge on any atom is -0.481 e. The van der Waals surface area contributed by atoms with E-state index in [1.807, 2.05) is 44.3 Å². The number of hydrogen-bond donors (Lipinski definition) is 1. The molecule has 0 spiro atoms. The van der Waals surface area contributed by atoms with Gasteiger partial charge in [-0.15, -0.1) is 0 Å². The average Bonchev–Trinajstić information content (AvgIpc) is 2.81. The largest absolute Gasteiger partial charge is 0.481 e. The molecular formula is C17H17N3O2. The molecule has 1 amide bonds. The Bertz CT molecular complexity index is 852. The zero-order valence-corrected chi connectivity index (χ0v) is 12.8. The van der Waals surface area contributed by atoms with Crippen LogP contribution in [-0.4, -0.2) is 22.8 Å². The molecule has 0 saturated carbocycles. The fraction of sp³-hybridized carbons (Fsp3) is 0.176. The number of amides is 1. The van der Waals surface area contributed by atoms with E-state index in [0.717, 1.165) is 22.2 Å². The van der Waals surface area contributed by atoms with Crippen molar-refractivity contribution in [2.75, 3.05) is 12.4 Å². The number of carbonyl (C=O) groups excluding carboxylic acids is 1. The molecular weight excluding hydrogens is 278 g/mol. The molecule has 0 aliphatic carbocycles. The minimum absolute atomic E-state index is 0.155. The van der Waals surface area contributed by atoms with Gasteiger partial charge < -0.3 is 10.1 Å². The Kier molecular flexibility index (Phi) is 3.55. The van der Waals surface area contributed by atoms with Crippen molar-refractivity contribution in [3.63, 3.8) is 0 Å². The van der Waals surface area contributed by atoms with Crippen molar-refractivity contribution < 1.29 is 9.53 Å². The van der Waals surface area contributed by atoms with Crippen LogP contribution in [0.2, 0.25) is 0 Å². The van der Waals surface area contributed by atoms with Crippen molar-refractivity contribution in [1.82, 2.24) is 9.78 Å². The van der Waals surface area contributed by atoms with Crippen LogP contribution in [0, 0.1) is 6.92 Å². The summed E-state index contributed by atoms with van der Waals surface area (Å²) in [7, 11) is 3.42. The molecule has 1 N–H and O–H groups in total. The van der Waals surface area contributed by atoms with Gasteiger partial charge in [-0.25, -0.2) is 4.68 Å². The molecule has 3 aromatic rings. The molecule has 3 rings (SSSR count). The molecule has 1 heterocycles. The maximum absolute atomic E-state index is 12.4. The smallest absolute Gasteiger partial charge is 0.255 e. The molecule has 1 aromatic heterocycles. The first-order valence-electron chi connectivity index (χ1n) is 6.97. The van der Waals surface area contributed by atoms with Crippen LogP contribution < -0.4 is 10.1 Å². The van der Waals surface area contributed by atoms with Crippen molar-refractivity contribution in [2.24, 2.45) is 7.05 Å². The van der Waals surface area contributed by atoms with E-state index >= 15 is 0 Å². The standard InChI is InChI=1S/C17H17N3O2/c1-11-5-4-6-13(9-11)18-16(21)12-7-8-14-15(10-12)19-20(2)17(14)22-3/h4-10H,1-3H3,(H,18,21). The van der Waals surface area contributed by atoms with Gasteiger partial charge in [-0.1, -0.05) is 12.1 Å². The highest BCUT2D eigenvalue weighted by Gasteiger charge is 2.13. The topological polar surface area (TPSA) is 56.1 Å². The SMILES string of the molecule is COc1c2ccc(C(=O)Nc3cccc(C)c3)cc2nn1C. The lowest BCUT2D eigenvalue weighted by atomic mass is 10.1. The van der Waals surface area contributed by atoms with Gasteiger partial charge in [0.2, 0.25) is 5.88 Å². The van der Waals surface area contributed by atoms with Gasteiger partial charge in [0.1, 0.15) is 0 Å². The normalized spacial score (nSPS) is 10.7. The first-order valence-corrected chi connectivity index (χ1v) is 6.97. The summed E-state index contributed by atoms with van der Waals surface area (Å²) < 4.78 is 6.97. The van der Waals surface area contributed by atoms with E-state index in [1.54, 1.807) is 23.9 Å². The molecule has 5 nitrogen and oxygen atoms in total. The second-order valence-electron chi connectivity index (χ2n) is 5.19. The summed E-state index contributed by atoms with van der Waals surface area (Å²) in [6.45, 7) is 1.99. The summed E-state index contributed by atoms with van der Waals surface area (Å²) in [5, 5.41) is 8.14. The van der Waals surface area contributed by atoms with E-state index in [2.05, 4.69) is 10.4 Å². The number of carbonyl (C=O) groups is 1. The summed E-state index contributed by atoms with van der Waals surface area (Å²) in [4.78, 5) is 12.4. The number of aryl methyl sites for hydroxylation is 2. The molecule has 0 aliphatic heterocycles. The van der Waals surface area contributed by atoms with Gasteiger partial charge in [0, 0.05) is 18.3 Å². The van der Waals surface area contributed by atoms with Crippen LogP contribution in [0.15, 0.2) is 42.5 Å². The number of ether oxygens (including phenoxy) is 1. The second kappa shape index (κ2) is 5.52. The van der Waals surface area contributed by atoms with Crippen LogP contribution in [0.4, 0.5) is 5.69 Å². The summed E-state index contributed by atoms with van der Waals surface area (Å²) in [5.41, 5.74) is 3.18. The van der Waals surface area contributed by atoms with E-state index < -0.39 is 0 Å². The van der Waals surface area contributed by atoms with E-state index in [-0.39, 0.29) is 5.91 Å². The van der Waals surface area contributed by atoms with Crippen molar-refractivity contribution >= 4 is 22.5 Å². The highest BCUT2D eigenvalue weighted by molar-refractivity contribution is 6.06. The van der Waals surface area contributed by atoms with Crippen LogP contribution in [0.25, 0.3) is 10.9 Å². The third kappa shape index (κ3) is 2.53. The van der Waals surface area contributed by atoms with Gasteiger partial charge in [-0.2, -0.15) is 5.10 Å². The number of anilines is 1. The number of nitrogens with one attached hydrogen (secondary N) is 1. The van der Waals surface area contributed by atoms with Crippen molar-refractivity contribution in [1.29, 1.82) is 0 Å². The summed E-state index contributed by atoms with van der Waals surface area (Å²) >= 11 is 0. The van der Waals surface area contributed by atoms with Gasteiger partial charge in [-0.05, 0) is 42.8 Å². The quantitative estimate of drug-likeness (QED) is 0.807. The van der Waals surface area contributed by atoms with Crippen LogP contribution in [0.3, 0.4) is 0 Å². The molecule has 22 heavy (non-hydrogen) atoms. The molecule has 2 aromatic carbocycles. The fourth-order valence-corrected chi connectivity index (χ4v) is 2.49. The zero-order valence-electron chi connectivity index (χ0n) is 12.8. The lowest BCUT2D eigenvalue weighted by Crippen LogP contribution is -2.11. The number of benzene rings is 2. The predicted octanol–water partition coefficient (Wildman–Crippen LogP) is 3.14. The van der Waals surface area contributed by atoms with Gasteiger partial charge in [-0.3, -0.25) is 4.79 Å². The van der Waals surface area contributed by atoms with Crippen LogP contribution in [-0.2, 0) is 7.05 Å². The van der Waals surface area contributed by atoms with Gasteiger partial charge in [0.15, 0.2) is 0 Å². The summed E-state index contributed by atoms with van der Waals surface area (Å²) in [6, 6.07) is 13.1. The summed E-state index contributed by atoms with van der Waals surface area (Å²) in [5.74, 6) is 0.526. The van der Waals surface area contributed by atoms with Crippen molar-refractivity contribution in [3.05, 3.63) is 53.6 Å². The monoisotopic (exact) mass is 295 g/mol. The maximum Gasteiger partial charge on any atom is 0.255 e. The Morgan fingerprint density at radius 1 is 1.23 bits per heavy atom. The number of methoxy groups -OCH3 is 1. The maximum atomic E-state index is 12.4. The Morgan fingerprint density at radius 2 is 2.05 bits per heavy atom. The van der Waals surface area contributed by atoms with Gasteiger partial charge in [0.25, 0.3) is 5.91 Å². The molecule has 0 atom stereocenters. The van der Waals surface area contributed by atoms with Crippen LogP contribution in [0.5, 0.6) is 5.88 Å². The average molecular weight is 295 g/mol.